The molecule has 2 heterocycles. The van der Waals surface area contributed by atoms with Gasteiger partial charge in [0.1, 0.15) is 0 Å². The Morgan fingerprint density at radius 3 is 3.00 bits per heavy atom. The van der Waals surface area contributed by atoms with Crippen LogP contribution in [0.25, 0.3) is 10.7 Å². The van der Waals surface area contributed by atoms with E-state index in [0.29, 0.717) is 5.82 Å². The fraction of sp³-hybridized carbons (Fsp3) is 0.588. The van der Waals surface area contributed by atoms with Gasteiger partial charge in [-0.1, -0.05) is 13.3 Å². The predicted molar refractivity (Wildman–Crippen MR) is 92.7 cm³/mol. The van der Waals surface area contributed by atoms with Crippen molar-refractivity contribution in [1.29, 1.82) is 0 Å². The number of carbonyl (C=O) groups excluding carboxylic acids is 1. The standard InChI is InChI=1S/C17H24N4OS/c1-3-4-9-21-17(19-14(20-21)10-15(22)18-2)16-13-8-6-5-7-12(13)11-23-16/h11H,3-10H2,1-2H3,(H,18,22). The highest BCUT2D eigenvalue weighted by Crippen LogP contribution is 2.36. The monoisotopic (exact) mass is 332 g/mol. The molecule has 0 unspecified atom stereocenters. The van der Waals surface area contributed by atoms with Crippen LogP contribution >= 0.6 is 11.3 Å². The largest absolute Gasteiger partial charge is 0.359 e. The zero-order valence-corrected chi connectivity index (χ0v) is 14.7. The maximum absolute atomic E-state index is 11.6. The minimum Gasteiger partial charge on any atom is -0.359 e. The lowest BCUT2D eigenvalue weighted by molar-refractivity contribution is -0.120. The molecule has 0 aliphatic heterocycles. The Morgan fingerprint density at radius 2 is 2.22 bits per heavy atom. The Kier molecular flexibility index (Phi) is 5.10. The Labute approximate surface area is 141 Å². The van der Waals surface area contributed by atoms with Gasteiger partial charge in [0, 0.05) is 13.6 Å². The predicted octanol–water partition coefficient (Wildman–Crippen LogP) is 2.97. The van der Waals surface area contributed by atoms with Crippen LogP contribution in [0, 0.1) is 0 Å². The number of amides is 1. The molecule has 0 saturated heterocycles. The van der Waals surface area contributed by atoms with Crippen molar-refractivity contribution >= 4 is 17.2 Å². The number of fused-ring (bicyclic) bond motifs is 1. The first kappa shape index (κ1) is 16.2. The van der Waals surface area contributed by atoms with Crippen LogP contribution in [-0.2, 0) is 30.6 Å². The second kappa shape index (κ2) is 7.25. The summed E-state index contributed by atoms with van der Waals surface area (Å²) in [5, 5.41) is 9.52. The van der Waals surface area contributed by atoms with Crippen molar-refractivity contribution in [2.24, 2.45) is 0 Å². The maximum Gasteiger partial charge on any atom is 0.227 e. The van der Waals surface area contributed by atoms with Crippen LogP contribution in [0.2, 0.25) is 0 Å². The van der Waals surface area contributed by atoms with Crippen LogP contribution in [0.3, 0.4) is 0 Å². The average molecular weight is 332 g/mol. The van der Waals surface area contributed by atoms with E-state index in [2.05, 4.69) is 22.7 Å². The number of rotatable bonds is 6. The number of likely N-dealkylation sites (N-methyl/N-ethyl adjacent to an activating group) is 1. The number of hydrogen-bond donors (Lipinski definition) is 1. The van der Waals surface area contributed by atoms with Gasteiger partial charge in [0.25, 0.3) is 0 Å². The lowest BCUT2D eigenvalue weighted by Crippen LogP contribution is -2.20. The highest BCUT2D eigenvalue weighted by atomic mass is 32.1. The van der Waals surface area contributed by atoms with E-state index in [1.807, 2.05) is 4.68 Å². The maximum atomic E-state index is 11.6. The van der Waals surface area contributed by atoms with E-state index in [-0.39, 0.29) is 12.3 Å². The summed E-state index contributed by atoms with van der Waals surface area (Å²) in [5.41, 5.74) is 2.94. The second-order valence-corrected chi connectivity index (χ2v) is 6.93. The fourth-order valence-electron chi connectivity index (χ4n) is 3.03. The lowest BCUT2D eigenvalue weighted by Gasteiger charge is -2.13. The minimum atomic E-state index is -0.0441. The van der Waals surface area contributed by atoms with Crippen molar-refractivity contribution in [3.8, 4) is 10.7 Å². The van der Waals surface area contributed by atoms with E-state index < -0.39 is 0 Å². The summed E-state index contributed by atoms with van der Waals surface area (Å²) < 4.78 is 2.00. The summed E-state index contributed by atoms with van der Waals surface area (Å²) in [4.78, 5) is 17.6. The normalized spacial score (nSPS) is 13.8. The molecule has 0 aromatic carbocycles. The molecular formula is C17H24N4OS. The fourth-order valence-corrected chi connectivity index (χ4v) is 4.19. The van der Waals surface area contributed by atoms with E-state index >= 15 is 0 Å². The molecule has 2 aromatic rings. The molecule has 124 valence electrons. The summed E-state index contributed by atoms with van der Waals surface area (Å²) in [7, 11) is 1.65. The van der Waals surface area contributed by atoms with Crippen molar-refractivity contribution in [3.63, 3.8) is 0 Å². The van der Waals surface area contributed by atoms with E-state index in [1.165, 1.54) is 35.3 Å². The molecule has 0 radical (unpaired) electrons. The van der Waals surface area contributed by atoms with Crippen molar-refractivity contribution in [2.75, 3.05) is 7.05 Å². The van der Waals surface area contributed by atoms with Gasteiger partial charge < -0.3 is 5.32 Å². The number of aryl methyl sites for hydroxylation is 2. The molecule has 1 N–H and O–H groups in total. The summed E-state index contributed by atoms with van der Waals surface area (Å²) in [5.74, 6) is 1.52. The van der Waals surface area contributed by atoms with Crippen molar-refractivity contribution < 1.29 is 4.79 Å². The third-order valence-electron chi connectivity index (χ3n) is 4.34. The topological polar surface area (TPSA) is 59.8 Å². The van der Waals surface area contributed by atoms with Gasteiger partial charge in [-0.15, -0.1) is 11.3 Å². The number of nitrogens with one attached hydrogen (secondary N) is 1. The summed E-state index contributed by atoms with van der Waals surface area (Å²) in [6.45, 7) is 3.04. The second-order valence-electron chi connectivity index (χ2n) is 6.05. The van der Waals surface area contributed by atoms with E-state index in [9.17, 15) is 4.79 Å². The number of carbonyl (C=O) groups is 1. The molecule has 1 amide bonds. The molecule has 2 aromatic heterocycles. The van der Waals surface area contributed by atoms with Gasteiger partial charge in [-0.25, -0.2) is 9.67 Å². The van der Waals surface area contributed by atoms with Gasteiger partial charge in [0.05, 0.1) is 11.3 Å². The van der Waals surface area contributed by atoms with Gasteiger partial charge >= 0.3 is 0 Å². The smallest absolute Gasteiger partial charge is 0.227 e. The van der Waals surface area contributed by atoms with Crippen molar-refractivity contribution in [2.45, 2.75) is 58.4 Å². The summed E-state index contributed by atoms with van der Waals surface area (Å²) in [6, 6.07) is 0. The SMILES string of the molecule is CCCCn1nc(CC(=O)NC)nc1-c1scc2c1CCCC2. The molecule has 23 heavy (non-hydrogen) atoms. The molecule has 1 aliphatic rings. The molecular weight excluding hydrogens is 308 g/mol. The molecule has 0 fully saturated rings. The highest BCUT2D eigenvalue weighted by Gasteiger charge is 2.22. The van der Waals surface area contributed by atoms with Crippen LogP contribution in [0.1, 0.15) is 49.6 Å². The first-order valence-corrected chi connectivity index (χ1v) is 9.34. The van der Waals surface area contributed by atoms with Gasteiger partial charge in [-0.05, 0) is 48.6 Å². The van der Waals surface area contributed by atoms with Crippen LogP contribution in [0.15, 0.2) is 5.38 Å². The van der Waals surface area contributed by atoms with Crippen LogP contribution < -0.4 is 5.32 Å². The number of unbranched alkanes of at least 4 members (excludes halogenated alkanes) is 1. The van der Waals surface area contributed by atoms with Gasteiger partial charge in [0.2, 0.25) is 5.91 Å². The van der Waals surface area contributed by atoms with Crippen LogP contribution in [-0.4, -0.2) is 27.7 Å². The van der Waals surface area contributed by atoms with E-state index in [0.717, 1.165) is 31.6 Å². The Balaban J connectivity index is 1.95. The summed E-state index contributed by atoms with van der Waals surface area (Å²) >= 11 is 1.78. The molecule has 0 spiro atoms. The third-order valence-corrected chi connectivity index (χ3v) is 5.41. The highest BCUT2D eigenvalue weighted by molar-refractivity contribution is 7.13. The lowest BCUT2D eigenvalue weighted by atomic mass is 9.94. The molecule has 0 bridgehead atoms. The molecule has 6 heteroatoms. The van der Waals surface area contributed by atoms with Crippen molar-refractivity contribution in [3.05, 3.63) is 22.3 Å². The zero-order chi connectivity index (χ0) is 16.2. The molecule has 3 rings (SSSR count). The number of hydrogen-bond acceptors (Lipinski definition) is 4. The Morgan fingerprint density at radius 1 is 1.39 bits per heavy atom. The molecule has 0 atom stereocenters. The number of nitrogens with zero attached hydrogens (tertiary/aromatic N) is 3. The first-order valence-electron chi connectivity index (χ1n) is 8.46. The van der Waals surface area contributed by atoms with Gasteiger partial charge in [0.15, 0.2) is 11.6 Å². The van der Waals surface area contributed by atoms with Crippen molar-refractivity contribution in [1.82, 2.24) is 20.1 Å². The first-order chi connectivity index (χ1) is 11.2. The minimum absolute atomic E-state index is 0.0441. The Bertz CT molecular complexity index is 689. The number of thiophene rings is 1. The quantitative estimate of drug-likeness (QED) is 0.885. The van der Waals surface area contributed by atoms with E-state index in [1.54, 1.807) is 18.4 Å². The molecule has 0 saturated carbocycles. The summed E-state index contributed by atoms with van der Waals surface area (Å²) in [6.07, 6.45) is 7.30. The van der Waals surface area contributed by atoms with Crippen LogP contribution in [0.4, 0.5) is 0 Å². The molecule has 5 nitrogen and oxygen atoms in total. The number of aromatic nitrogens is 3. The third kappa shape index (κ3) is 3.47. The average Bonchev–Trinajstić information content (AvgIpc) is 3.16. The van der Waals surface area contributed by atoms with Gasteiger partial charge in [-0.3, -0.25) is 4.79 Å². The zero-order valence-electron chi connectivity index (χ0n) is 13.9. The van der Waals surface area contributed by atoms with Gasteiger partial charge in [-0.2, -0.15) is 5.10 Å². The Hall–Kier alpha value is -1.69. The molecule has 1 aliphatic carbocycles. The van der Waals surface area contributed by atoms with E-state index in [4.69, 9.17) is 4.98 Å². The van der Waals surface area contributed by atoms with Crippen LogP contribution in [0.5, 0.6) is 0 Å².